The van der Waals surface area contributed by atoms with E-state index in [1.165, 1.54) is 11.3 Å². The highest BCUT2D eigenvalue weighted by atomic mass is 32.1. The van der Waals surface area contributed by atoms with Gasteiger partial charge in [-0.3, -0.25) is 9.89 Å². The van der Waals surface area contributed by atoms with Crippen molar-refractivity contribution in [1.29, 1.82) is 0 Å². The number of H-pyrrole nitrogens is 1. The van der Waals surface area contributed by atoms with Crippen molar-refractivity contribution in [3.8, 4) is 16.3 Å². The van der Waals surface area contributed by atoms with E-state index in [9.17, 15) is 4.79 Å². The number of amides is 1. The molecule has 0 unspecified atom stereocenters. The molecule has 27 heavy (non-hydrogen) atoms. The second-order valence-corrected chi connectivity index (χ2v) is 6.82. The van der Waals surface area contributed by atoms with Gasteiger partial charge in [0.1, 0.15) is 16.5 Å². The topological polar surface area (TPSA) is 92.4 Å². The highest BCUT2D eigenvalue weighted by molar-refractivity contribution is 7.13. The van der Waals surface area contributed by atoms with Crippen molar-refractivity contribution in [3.63, 3.8) is 0 Å². The summed E-state index contributed by atoms with van der Waals surface area (Å²) in [7, 11) is 1.58. The van der Waals surface area contributed by atoms with E-state index >= 15 is 0 Å². The number of nitrogens with zero attached hydrogens (tertiary/aromatic N) is 3. The number of aromatic nitrogens is 3. The highest BCUT2D eigenvalue weighted by Crippen LogP contribution is 2.31. The van der Waals surface area contributed by atoms with Crippen molar-refractivity contribution in [2.45, 2.75) is 0 Å². The number of carbonyl (C=O) groups is 1. The van der Waals surface area contributed by atoms with E-state index in [-0.39, 0.29) is 5.91 Å². The Labute approximate surface area is 160 Å². The first kappa shape index (κ1) is 17.5. The third kappa shape index (κ3) is 3.79. The van der Waals surface area contributed by atoms with Crippen LogP contribution in [0.25, 0.3) is 10.6 Å². The Morgan fingerprint density at radius 2 is 2.22 bits per heavy atom. The molecule has 3 aromatic rings. The van der Waals surface area contributed by atoms with Crippen molar-refractivity contribution in [3.05, 3.63) is 41.7 Å². The van der Waals surface area contributed by atoms with E-state index in [2.05, 4.69) is 25.4 Å². The summed E-state index contributed by atoms with van der Waals surface area (Å²) in [5, 5.41) is 12.0. The van der Waals surface area contributed by atoms with Gasteiger partial charge in [0, 0.05) is 35.9 Å². The standard InChI is InChI=1S/C18H19N5O3S/c1-25-16-3-2-13(23-4-6-26-7-5-23)8-14(16)21-17(24)15-11-27-18(22-15)12-9-19-20-10-12/h2-3,8-11H,4-7H2,1H3,(H,19,20)(H,21,24). The van der Waals surface area contributed by atoms with Gasteiger partial charge in [-0.15, -0.1) is 11.3 Å². The maximum atomic E-state index is 12.7. The lowest BCUT2D eigenvalue weighted by Gasteiger charge is -2.29. The summed E-state index contributed by atoms with van der Waals surface area (Å²) < 4.78 is 10.8. The number of hydrogen-bond acceptors (Lipinski definition) is 7. The van der Waals surface area contributed by atoms with Crippen LogP contribution in [-0.2, 0) is 4.74 Å². The van der Waals surface area contributed by atoms with Gasteiger partial charge < -0.3 is 19.7 Å². The maximum Gasteiger partial charge on any atom is 0.275 e. The van der Waals surface area contributed by atoms with Crippen molar-refractivity contribution in [2.24, 2.45) is 0 Å². The number of anilines is 2. The van der Waals surface area contributed by atoms with E-state index in [1.54, 1.807) is 24.9 Å². The molecule has 0 bridgehead atoms. The van der Waals surface area contributed by atoms with Crippen molar-refractivity contribution in [1.82, 2.24) is 15.2 Å². The number of nitrogens with one attached hydrogen (secondary N) is 2. The summed E-state index contributed by atoms with van der Waals surface area (Å²) >= 11 is 1.40. The quantitative estimate of drug-likeness (QED) is 0.701. The first-order valence-corrected chi connectivity index (χ1v) is 9.39. The van der Waals surface area contributed by atoms with E-state index in [1.807, 2.05) is 18.2 Å². The minimum absolute atomic E-state index is 0.279. The largest absolute Gasteiger partial charge is 0.495 e. The number of ether oxygens (including phenoxy) is 2. The Bertz CT molecular complexity index is 919. The molecule has 0 aliphatic carbocycles. The van der Waals surface area contributed by atoms with E-state index < -0.39 is 0 Å². The summed E-state index contributed by atoms with van der Waals surface area (Å²) in [4.78, 5) is 19.3. The molecule has 0 saturated carbocycles. The van der Waals surface area contributed by atoms with Crippen LogP contribution in [0.2, 0.25) is 0 Å². The molecule has 1 fully saturated rings. The van der Waals surface area contributed by atoms with Crippen molar-refractivity contribution < 1.29 is 14.3 Å². The number of carbonyl (C=O) groups excluding carboxylic acids is 1. The Kier molecular flexibility index (Phi) is 5.03. The van der Waals surface area contributed by atoms with Crippen LogP contribution in [0.4, 0.5) is 11.4 Å². The average molecular weight is 385 g/mol. The second-order valence-electron chi connectivity index (χ2n) is 5.96. The van der Waals surface area contributed by atoms with Gasteiger partial charge in [0.2, 0.25) is 0 Å². The Morgan fingerprint density at radius 3 is 2.96 bits per heavy atom. The lowest BCUT2D eigenvalue weighted by molar-refractivity contribution is 0.102. The fraction of sp³-hybridized carbons (Fsp3) is 0.278. The van der Waals surface area contributed by atoms with Crippen LogP contribution >= 0.6 is 11.3 Å². The van der Waals surface area contributed by atoms with Gasteiger partial charge in [0.25, 0.3) is 5.91 Å². The molecule has 1 aliphatic heterocycles. The number of benzene rings is 1. The molecule has 2 aromatic heterocycles. The molecule has 1 aromatic carbocycles. The molecule has 0 radical (unpaired) electrons. The molecule has 1 amide bonds. The summed E-state index contributed by atoms with van der Waals surface area (Å²) in [5.41, 5.74) is 2.84. The molecule has 0 spiro atoms. The molecule has 0 atom stereocenters. The number of thiazole rings is 1. The predicted octanol–water partition coefficient (Wildman–Crippen LogP) is 2.63. The van der Waals surface area contributed by atoms with Crippen LogP contribution in [0.1, 0.15) is 10.5 Å². The highest BCUT2D eigenvalue weighted by Gasteiger charge is 2.17. The van der Waals surface area contributed by atoms with E-state index in [0.29, 0.717) is 30.3 Å². The minimum atomic E-state index is -0.279. The van der Waals surface area contributed by atoms with E-state index in [0.717, 1.165) is 29.3 Å². The molecule has 140 valence electrons. The lowest BCUT2D eigenvalue weighted by Crippen LogP contribution is -2.36. The minimum Gasteiger partial charge on any atom is -0.495 e. The smallest absolute Gasteiger partial charge is 0.275 e. The van der Waals surface area contributed by atoms with Crippen LogP contribution in [-0.4, -0.2) is 54.5 Å². The van der Waals surface area contributed by atoms with Crippen LogP contribution in [0.3, 0.4) is 0 Å². The number of methoxy groups -OCH3 is 1. The van der Waals surface area contributed by atoms with Crippen LogP contribution in [0.5, 0.6) is 5.75 Å². The summed E-state index contributed by atoms with van der Waals surface area (Å²) in [6.07, 6.45) is 3.42. The number of morpholine rings is 1. The molecular weight excluding hydrogens is 366 g/mol. The second kappa shape index (κ2) is 7.77. The summed E-state index contributed by atoms with van der Waals surface area (Å²) in [6.45, 7) is 3.03. The monoisotopic (exact) mass is 385 g/mol. The first-order valence-electron chi connectivity index (χ1n) is 8.51. The Balaban J connectivity index is 1.54. The molecular formula is C18H19N5O3S. The zero-order valence-corrected chi connectivity index (χ0v) is 15.6. The van der Waals surface area contributed by atoms with Crippen LogP contribution in [0, 0.1) is 0 Å². The third-order valence-corrected chi connectivity index (χ3v) is 5.18. The molecule has 4 rings (SSSR count). The number of aromatic amines is 1. The Hall–Kier alpha value is -2.91. The number of hydrogen-bond donors (Lipinski definition) is 2. The zero-order chi connectivity index (χ0) is 18.6. The first-order chi connectivity index (χ1) is 13.2. The molecule has 1 saturated heterocycles. The maximum absolute atomic E-state index is 12.7. The normalized spacial score (nSPS) is 14.2. The molecule has 8 nitrogen and oxygen atoms in total. The van der Waals surface area contributed by atoms with Crippen molar-refractivity contribution >= 4 is 28.6 Å². The van der Waals surface area contributed by atoms with Gasteiger partial charge in [-0.05, 0) is 18.2 Å². The van der Waals surface area contributed by atoms with Crippen LogP contribution in [0.15, 0.2) is 36.0 Å². The molecule has 1 aliphatic rings. The third-order valence-electron chi connectivity index (χ3n) is 4.29. The zero-order valence-electron chi connectivity index (χ0n) is 14.8. The fourth-order valence-electron chi connectivity index (χ4n) is 2.88. The number of rotatable bonds is 5. The lowest BCUT2D eigenvalue weighted by atomic mass is 10.2. The van der Waals surface area contributed by atoms with Gasteiger partial charge in [0.05, 0.1) is 32.2 Å². The average Bonchev–Trinajstić information content (AvgIpc) is 3.40. The van der Waals surface area contributed by atoms with Gasteiger partial charge in [-0.25, -0.2) is 4.98 Å². The van der Waals surface area contributed by atoms with Gasteiger partial charge in [-0.2, -0.15) is 5.10 Å². The van der Waals surface area contributed by atoms with Crippen molar-refractivity contribution in [2.75, 3.05) is 43.6 Å². The van der Waals surface area contributed by atoms with E-state index in [4.69, 9.17) is 9.47 Å². The molecule has 9 heteroatoms. The van der Waals surface area contributed by atoms with Gasteiger partial charge in [0.15, 0.2) is 0 Å². The summed E-state index contributed by atoms with van der Waals surface area (Å²) in [5.74, 6) is 0.323. The van der Waals surface area contributed by atoms with Crippen LogP contribution < -0.4 is 15.0 Å². The molecule has 2 N–H and O–H groups in total. The van der Waals surface area contributed by atoms with Gasteiger partial charge >= 0.3 is 0 Å². The fourth-order valence-corrected chi connectivity index (χ4v) is 3.66. The Morgan fingerprint density at radius 1 is 1.37 bits per heavy atom. The SMILES string of the molecule is COc1ccc(N2CCOCC2)cc1NC(=O)c1csc(-c2cn[nH]c2)n1. The summed E-state index contributed by atoms with van der Waals surface area (Å²) in [6, 6.07) is 5.77. The molecule has 3 heterocycles. The van der Waals surface area contributed by atoms with Gasteiger partial charge in [-0.1, -0.05) is 0 Å². The predicted molar refractivity (Wildman–Crippen MR) is 104 cm³/mol.